The Balaban J connectivity index is 1.48. The van der Waals surface area contributed by atoms with Crippen LogP contribution in [-0.4, -0.2) is 24.9 Å². The third-order valence-corrected chi connectivity index (χ3v) is 4.07. The second-order valence-electron chi connectivity index (χ2n) is 5.94. The van der Waals surface area contributed by atoms with Crippen molar-refractivity contribution in [1.82, 2.24) is 5.32 Å². The summed E-state index contributed by atoms with van der Waals surface area (Å²) in [6.07, 6.45) is 1.84. The topological polar surface area (TPSA) is 49.4 Å². The molecule has 0 unspecified atom stereocenters. The smallest absolute Gasteiger partial charge is 0.227 e. The molecule has 25 heavy (non-hydrogen) atoms. The van der Waals surface area contributed by atoms with Gasteiger partial charge in [-0.05, 0) is 36.2 Å². The summed E-state index contributed by atoms with van der Waals surface area (Å²) < 4.78 is 0. The summed E-state index contributed by atoms with van der Waals surface area (Å²) in [6, 6.07) is 17.3. The van der Waals surface area contributed by atoms with Crippen LogP contribution in [0.15, 0.2) is 54.6 Å². The van der Waals surface area contributed by atoms with Gasteiger partial charge < -0.3 is 10.2 Å². The SMILES string of the molecule is O=C(Cc1ccc(N2CCCC2=O)cc1)NCC#Cc1ccccc1. The van der Waals surface area contributed by atoms with E-state index < -0.39 is 0 Å². The Morgan fingerprint density at radius 1 is 1.08 bits per heavy atom. The molecule has 1 fully saturated rings. The van der Waals surface area contributed by atoms with Gasteiger partial charge in [0, 0.05) is 24.2 Å². The number of hydrogen-bond donors (Lipinski definition) is 1. The number of amides is 2. The number of benzene rings is 2. The van der Waals surface area contributed by atoms with E-state index >= 15 is 0 Å². The van der Waals surface area contributed by atoms with Crippen molar-refractivity contribution in [2.45, 2.75) is 19.3 Å². The number of hydrogen-bond acceptors (Lipinski definition) is 2. The maximum atomic E-state index is 12.0. The third kappa shape index (κ3) is 4.71. The molecule has 2 aromatic carbocycles. The van der Waals surface area contributed by atoms with Gasteiger partial charge in [-0.15, -0.1) is 0 Å². The first-order chi connectivity index (χ1) is 12.2. The Labute approximate surface area is 147 Å². The molecule has 0 aliphatic carbocycles. The van der Waals surface area contributed by atoms with Gasteiger partial charge in [0.25, 0.3) is 0 Å². The molecule has 0 spiro atoms. The maximum absolute atomic E-state index is 12.0. The van der Waals surface area contributed by atoms with Crippen LogP contribution in [0.25, 0.3) is 0 Å². The Morgan fingerprint density at radius 2 is 1.84 bits per heavy atom. The summed E-state index contributed by atoms with van der Waals surface area (Å²) >= 11 is 0. The number of carbonyl (C=O) groups excluding carboxylic acids is 2. The molecule has 3 rings (SSSR count). The third-order valence-electron chi connectivity index (χ3n) is 4.07. The van der Waals surface area contributed by atoms with Crippen molar-refractivity contribution in [2.24, 2.45) is 0 Å². The second-order valence-corrected chi connectivity index (χ2v) is 5.94. The van der Waals surface area contributed by atoms with Crippen LogP contribution in [0.2, 0.25) is 0 Å². The first-order valence-corrected chi connectivity index (χ1v) is 8.42. The van der Waals surface area contributed by atoms with E-state index in [1.807, 2.05) is 54.6 Å². The van der Waals surface area contributed by atoms with Crippen molar-refractivity contribution in [3.05, 3.63) is 65.7 Å². The van der Waals surface area contributed by atoms with Gasteiger partial charge >= 0.3 is 0 Å². The van der Waals surface area contributed by atoms with E-state index in [2.05, 4.69) is 17.2 Å². The molecule has 1 heterocycles. The van der Waals surface area contributed by atoms with Crippen LogP contribution in [-0.2, 0) is 16.0 Å². The Hall–Kier alpha value is -3.06. The zero-order valence-corrected chi connectivity index (χ0v) is 14.0. The van der Waals surface area contributed by atoms with Gasteiger partial charge in [0.05, 0.1) is 13.0 Å². The lowest BCUT2D eigenvalue weighted by Crippen LogP contribution is -2.25. The average molecular weight is 332 g/mol. The standard InChI is InChI=1S/C21H20N2O2/c24-20(22-14-4-8-17-6-2-1-3-7-17)16-18-10-12-19(13-11-18)23-15-5-9-21(23)25/h1-3,6-7,10-13H,5,9,14-16H2,(H,22,24). The summed E-state index contributed by atoms with van der Waals surface area (Å²) in [7, 11) is 0. The number of anilines is 1. The van der Waals surface area contributed by atoms with Crippen molar-refractivity contribution < 1.29 is 9.59 Å². The molecule has 1 saturated heterocycles. The zero-order chi connectivity index (χ0) is 17.5. The Bertz CT molecular complexity index is 801. The lowest BCUT2D eigenvalue weighted by molar-refractivity contribution is -0.120. The second kappa shape index (κ2) is 8.16. The number of carbonyl (C=O) groups is 2. The van der Waals surface area contributed by atoms with Crippen molar-refractivity contribution in [3.8, 4) is 11.8 Å². The number of rotatable bonds is 4. The van der Waals surface area contributed by atoms with Gasteiger partial charge in [-0.3, -0.25) is 9.59 Å². The van der Waals surface area contributed by atoms with Crippen LogP contribution < -0.4 is 10.2 Å². The minimum Gasteiger partial charge on any atom is -0.345 e. The van der Waals surface area contributed by atoms with Gasteiger partial charge in [-0.1, -0.05) is 42.2 Å². The summed E-state index contributed by atoms with van der Waals surface area (Å²) in [5.41, 5.74) is 2.76. The van der Waals surface area contributed by atoms with Gasteiger partial charge in [-0.2, -0.15) is 0 Å². The van der Waals surface area contributed by atoms with Crippen molar-refractivity contribution >= 4 is 17.5 Å². The van der Waals surface area contributed by atoms with E-state index in [0.29, 0.717) is 19.4 Å². The van der Waals surface area contributed by atoms with Crippen LogP contribution in [0.3, 0.4) is 0 Å². The molecule has 126 valence electrons. The van der Waals surface area contributed by atoms with E-state index in [1.54, 1.807) is 4.90 Å². The highest BCUT2D eigenvalue weighted by molar-refractivity contribution is 5.95. The van der Waals surface area contributed by atoms with Crippen LogP contribution in [0, 0.1) is 11.8 Å². The highest BCUT2D eigenvalue weighted by Gasteiger charge is 2.21. The fraction of sp³-hybridized carbons (Fsp3) is 0.238. The number of nitrogens with one attached hydrogen (secondary N) is 1. The first-order valence-electron chi connectivity index (χ1n) is 8.42. The fourth-order valence-electron chi connectivity index (χ4n) is 2.77. The van der Waals surface area contributed by atoms with E-state index in [9.17, 15) is 9.59 Å². The van der Waals surface area contributed by atoms with E-state index in [1.165, 1.54) is 0 Å². The molecule has 4 nitrogen and oxygen atoms in total. The minimum atomic E-state index is -0.0626. The van der Waals surface area contributed by atoms with Crippen molar-refractivity contribution in [1.29, 1.82) is 0 Å². The summed E-state index contributed by atoms with van der Waals surface area (Å²) in [6.45, 7) is 1.10. The molecule has 1 aliphatic rings. The van der Waals surface area contributed by atoms with Gasteiger partial charge in [0.15, 0.2) is 0 Å². The number of nitrogens with zero attached hydrogens (tertiary/aromatic N) is 1. The predicted molar refractivity (Wildman–Crippen MR) is 98.1 cm³/mol. The summed E-state index contributed by atoms with van der Waals surface area (Å²) in [4.78, 5) is 25.5. The molecule has 0 saturated carbocycles. The molecule has 2 aromatic rings. The monoisotopic (exact) mass is 332 g/mol. The van der Waals surface area contributed by atoms with Crippen molar-refractivity contribution in [2.75, 3.05) is 18.0 Å². The van der Waals surface area contributed by atoms with Crippen molar-refractivity contribution in [3.63, 3.8) is 0 Å². The molecule has 4 heteroatoms. The molecular formula is C21H20N2O2. The molecule has 0 atom stereocenters. The van der Waals surface area contributed by atoms with Crippen LogP contribution in [0.5, 0.6) is 0 Å². The van der Waals surface area contributed by atoms with Crippen LogP contribution in [0.1, 0.15) is 24.0 Å². The molecule has 0 bridgehead atoms. The molecule has 0 radical (unpaired) electrons. The zero-order valence-electron chi connectivity index (χ0n) is 14.0. The summed E-state index contributed by atoms with van der Waals surface area (Å²) in [5, 5.41) is 2.80. The largest absolute Gasteiger partial charge is 0.345 e. The van der Waals surface area contributed by atoms with E-state index in [0.717, 1.165) is 29.8 Å². The molecule has 2 amide bonds. The lowest BCUT2D eigenvalue weighted by atomic mass is 10.1. The lowest BCUT2D eigenvalue weighted by Gasteiger charge is -2.15. The van der Waals surface area contributed by atoms with Crippen LogP contribution >= 0.6 is 0 Å². The molecule has 1 N–H and O–H groups in total. The normalized spacial score (nSPS) is 13.3. The minimum absolute atomic E-state index is 0.0626. The Morgan fingerprint density at radius 3 is 2.52 bits per heavy atom. The maximum Gasteiger partial charge on any atom is 0.227 e. The van der Waals surface area contributed by atoms with Gasteiger partial charge in [0.2, 0.25) is 11.8 Å². The van der Waals surface area contributed by atoms with Gasteiger partial charge in [-0.25, -0.2) is 0 Å². The Kier molecular flexibility index (Phi) is 5.48. The van der Waals surface area contributed by atoms with E-state index in [-0.39, 0.29) is 11.8 Å². The first kappa shape index (κ1) is 16.8. The highest BCUT2D eigenvalue weighted by Crippen LogP contribution is 2.21. The quantitative estimate of drug-likeness (QED) is 0.875. The molecule has 0 aromatic heterocycles. The highest BCUT2D eigenvalue weighted by atomic mass is 16.2. The molecular weight excluding hydrogens is 312 g/mol. The van der Waals surface area contributed by atoms with Gasteiger partial charge in [0.1, 0.15) is 0 Å². The fourth-order valence-corrected chi connectivity index (χ4v) is 2.77. The van der Waals surface area contributed by atoms with Crippen LogP contribution in [0.4, 0.5) is 5.69 Å². The predicted octanol–water partition coefficient (Wildman–Crippen LogP) is 2.52. The molecule has 1 aliphatic heterocycles. The summed E-state index contributed by atoms with van der Waals surface area (Å²) in [5.74, 6) is 6.05. The average Bonchev–Trinajstić information content (AvgIpc) is 3.06. The van der Waals surface area contributed by atoms with E-state index in [4.69, 9.17) is 0 Å².